The Kier molecular flexibility index (Phi) is 7.37. The third kappa shape index (κ3) is 6.04. The fourth-order valence-corrected chi connectivity index (χ4v) is 3.21. The molecule has 2 rings (SSSR count). The molecule has 12 nitrogen and oxygen atoms in total. The van der Waals surface area contributed by atoms with Gasteiger partial charge >= 0.3 is 23.9 Å². The van der Waals surface area contributed by atoms with Gasteiger partial charge in [-0.25, -0.2) is 4.79 Å². The number of hydrogen-bond acceptors (Lipinski definition) is 9. The maximum atomic E-state index is 12.6. The Morgan fingerprint density at radius 2 is 1.69 bits per heavy atom. The average molecular weight is 415 g/mol. The van der Waals surface area contributed by atoms with Gasteiger partial charge in [0.2, 0.25) is 5.91 Å². The van der Waals surface area contributed by atoms with Crippen molar-refractivity contribution in [2.24, 2.45) is 0 Å². The van der Waals surface area contributed by atoms with Crippen molar-refractivity contribution in [3.8, 4) is 0 Å². The molecule has 5 atom stereocenters. The molecule has 162 valence electrons. The summed E-state index contributed by atoms with van der Waals surface area (Å²) < 4.78 is 21.3. The molecular weight excluding hydrogens is 390 g/mol. The minimum Gasteiger partial charge on any atom is -0.463 e. The third-order valence-corrected chi connectivity index (χ3v) is 4.24. The molecule has 12 heteroatoms. The van der Waals surface area contributed by atoms with Crippen LogP contribution in [0.25, 0.3) is 0 Å². The predicted octanol–water partition coefficient (Wildman–Crippen LogP) is -0.985. The van der Waals surface area contributed by atoms with E-state index in [4.69, 9.17) is 18.9 Å². The highest BCUT2D eigenvalue weighted by Gasteiger charge is 2.53. The lowest BCUT2D eigenvalue weighted by atomic mass is 10.1. The van der Waals surface area contributed by atoms with Crippen molar-refractivity contribution in [2.45, 2.75) is 64.8 Å². The Hall–Kier alpha value is -2.89. The fourth-order valence-electron chi connectivity index (χ4n) is 3.21. The van der Waals surface area contributed by atoms with Crippen molar-refractivity contribution in [1.29, 1.82) is 0 Å². The molecule has 2 fully saturated rings. The molecule has 2 N–H and O–H groups in total. The van der Waals surface area contributed by atoms with Crippen LogP contribution < -0.4 is 10.6 Å². The summed E-state index contributed by atoms with van der Waals surface area (Å²) in [6, 6.07) is -0.563. The number of hydrogen-bond donors (Lipinski definition) is 2. The lowest BCUT2D eigenvalue weighted by molar-refractivity contribution is -0.167. The molecule has 0 aromatic heterocycles. The molecule has 0 aliphatic carbocycles. The van der Waals surface area contributed by atoms with E-state index in [9.17, 15) is 24.0 Å². The van der Waals surface area contributed by atoms with Gasteiger partial charge in [0.25, 0.3) is 0 Å². The fraction of sp³-hybridized carbons (Fsp3) is 0.706. The first-order valence-electron chi connectivity index (χ1n) is 9.06. The van der Waals surface area contributed by atoms with Crippen molar-refractivity contribution in [3.63, 3.8) is 0 Å². The Bertz CT molecular complexity index is 683. The molecule has 2 heterocycles. The smallest absolute Gasteiger partial charge is 0.321 e. The highest BCUT2D eigenvalue weighted by Crippen LogP contribution is 2.31. The van der Waals surface area contributed by atoms with Crippen LogP contribution in [0, 0.1) is 0 Å². The largest absolute Gasteiger partial charge is 0.463 e. The number of nitrogens with one attached hydrogen (secondary N) is 2. The van der Waals surface area contributed by atoms with Crippen LogP contribution in [-0.4, -0.2) is 78.6 Å². The molecule has 3 amide bonds. The van der Waals surface area contributed by atoms with Crippen LogP contribution in [0.3, 0.4) is 0 Å². The van der Waals surface area contributed by atoms with E-state index in [-0.39, 0.29) is 19.1 Å². The summed E-state index contributed by atoms with van der Waals surface area (Å²) in [5.41, 5.74) is 0. The van der Waals surface area contributed by atoms with Gasteiger partial charge in [0.1, 0.15) is 18.9 Å². The van der Waals surface area contributed by atoms with Gasteiger partial charge in [-0.3, -0.25) is 24.1 Å². The van der Waals surface area contributed by atoms with Crippen LogP contribution >= 0.6 is 0 Å². The van der Waals surface area contributed by atoms with Crippen molar-refractivity contribution in [3.05, 3.63) is 0 Å². The molecule has 0 spiro atoms. The highest BCUT2D eigenvalue weighted by atomic mass is 16.7. The second kappa shape index (κ2) is 9.54. The number of amides is 3. The number of carbonyl (C=O) groups is 5. The summed E-state index contributed by atoms with van der Waals surface area (Å²) in [4.78, 5) is 59.4. The topological polar surface area (TPSA) is 150 Å². The van der Waals surface area contributed by atoms with Gasteiger partial charge in [0, 0.05) is 40.7 Å². The summed E-state index contributed by atoms with van der Waals surface area (Å²) in [6.07, 6.45) is -4.42. The lowest BCUT2D eigenvalue weighted by Crippen LogP contribution is -2.62. The number of urea groups is 1. The molecule has 29 heavy (non-hydrogen) atoms. The molecular formula is C17H25N3O9. The van der Waals surface area contributed by atoms with Crippen LogP contribution in [0.4, 0.5) is 4.79 Å². The molecule has 0 unspecified atom stereocenters. The maximum Gasteiger partial charge on any atom is 0.321 e. The zero-order valence-corrected chi connectivity index (χ0v) is 16.6. The molecule has 2 aliphatic rings. The predicted molar refractivity (Wildman–Crippen MR) is 93.9 cm³/mol. The zero-order chi connectivity index (χ0) is 21.7. The van der Waals surface area contributed by atoms with Crippen LogP contribution in [-0.2, 0) is 38.1 Å². The van der Waals surface area contributed by atoms with Gasteiger partial charge in [-0.05, 0) is 0 Å². The van der Waals surface area contributed by atoms with Crippen LogP contribution in [0.5, 0.6) is 0 Å². The zero-order valence-electron chi connectivity index (χ0n) is 16.6. The van der Waals surface area contributed by atoms with Crippen LogP contribution in [0.15, 0.2) is 0 Å². The Balaban J connectivity index is 2.21. The van der Waals surface area contributed by atoms with E-state index in [1.807, 2.05) is 0 Å². The van der Waals surface area contributed by atoms with Gasteiger partial charge in [-0.15, -0.1) is 0 Å². The summed E-state index contributed by atoms with van der Waals surface area (Å²) in [6.45, 7) is 4.80. The van der Waals surface area contributed by atoms with E-state index in [1.165, 1.54) is 32.6 Å². The lowest BCUT2D eigenvalue weighted by Gasteiger charge is -2.37. The third-order valence-electron chi connectivity index (χ3n) is 4.24. The maximum absolute atomic E-state index is 12.6. The quantitative estimate of drug-likeness (QED) is 0.412. The van der Waals surface area contributed by atoms with E-state index in [2.05, 4.69) is 10.6 Å². The Morgan fingerprint density at radius 3 is 2.21 bits per heavy atom. The van der Waals surface area contributed by atoms with E-state index in [0.717, 1.165) is 0 Å². The van der Waals surface area contributed by atoms with Crippen molar-refractivity contribution >= 4 is 29.8 Å². The Labute approximate surface area is 167 Å². The summed E-state index contributed by atoms with van der Waals surface area (Å²) in [7, 11) is 0. The summed E-state index contributed by atoms with van der Waals surface area (Å²) in [5.74, 6) is -2.19. The first kappa shape index (κ1) is 22.4. The normalized spacial score (nSPS) is 28.9. The van der Waals surface area contributed by atoms with Gasteiger partial charge in [0.15, 0.2) is 18.4 Å². The first-order valence-corrected chi connectivity index (χ1v) is 9.06. The van der Waals surface area contributed by atoms with Gasteiger partial charge in [0.05, 0.1) is 0 Å². The molecule has 2 aliphatic heterocycles. The molecule has 0 saturated carbocycles. The molecule has 0 bridgehead atoms. The van der Waals surface area contributed by atoms with E-state index in [0.29, 0.717) is 6.42 Å². The van der Waals surface area contributed by atoms with E-state index < -0.39 is 54.6 Å². The van der Waals surface area contributed by atoms with Crippen molar-refractivity contribution < 1.29 is 42.9 Å². The average Bonchev–Trinajstić information content (AvgIpc) is 2.89. The van der Waals surface area contributed by atoms with Crippen LogP contribution in [0.2, 0.25) is 0 Å². The van der Waals surface area contributed by atoms with Crippen molar-refractivity contribution in [1.82, 2.24) is 15.5 Å². The molecule has 0 radical (unpaired) electrons. The monoisotopic (exact) mass is 415 g/mol. The molecule has 0 aromatic carbocycles. The SMILES string of the molecule is CC(=O)N[C@@H]1CCN([C@H]2O[C@@H](COC(C)=O)[C@@H](OC(C)=O)[C@H]2OC(C)=O)C(=O)N1. The number of nitrogens with zero attached hydrogens (tertiary/aromatic N) is 1. The van der Waals surface area contributed by atoms with Gasteiger partial charge < -0.3 is 29.6 Å². The standard InChI is InChI=1S/C17H25N3O9/c1-8(21)18-13-5-6-20(17(25)19-13)16-15(28-11(4)24)14(27-10(3)23)12(29-16)7-26-9(2)22/h12-16H,5-7H2,1-4H3,(H,18,21)(H,19,25)/t12-,13-,14+,15+,16-/m0/s1. The number of esters is 3. The second-order valence-electron chi connectivity index (χ2n) is 6.70. The highest BCUT2D eigenvalue weighted by molar-refractivity contribution is 5.78. The molecule has 2 saturated heterocycles. The van der Waals surface area contributed by atoms with Gasteiger partial charge in [-0.2, -0.15) is 0 Å². The van der Waals surface area contributed by atoms with Crippen LogP contribution in [0.1, 0.15) is 34.1 Å². The van der Waals surface area contributed by atoms with Crippen molar-refractivity contribution in [2.75, 3.05) is 13.2 Å². The number of rotatable bonds is 6. The minimum atomic E-state index is -1.12. The Morgan fingerprint density at radius 1 is 1.07 bits per heavy atom. The van der Waals surface area contributed by atoms with E-state index in [1.54, 1.807) is 0 Å². The van der Waals surface area contributed by atoms with E-state index >= 15 is 0 Å². The number of ether oxygens (including phenoxy) is 4. The summed E-state index contributed by atoms with van der Waals surface area (Å²) >= 11 is 0. The molecule has 0 aromatic rings. The van der Waals surface area contributed by atoms with Gasteiger partial charge in [-0.1, -0.05) is 0 Å². The second-order valence-corrected chi connectivity index (χ2v) is 6.70. The number of carbonyl (C=O) groups excluding carboxylic acids is 5. The first-order chi connectivity index (χ1) is 13.6. The minimum absolute atomic E-state index is 0.173. The summed E-state index contributed by atoms with van der Waals surface area (Å²) in [5, 5.41) is 5.20.